The average molecular weight is 410 g/mol. The Morgan fingerprint density at radius 1 is 1.00 bits per heavy atom. The molecule has 0 heterocycles. The standard InChI is InChI=1S/C24H45N2O3/c1-7-9-14-26(5,6)15-17-27-18-19-29-23(4)21-28-16-13-25(8-2)24-12-10-11-22(3)20-24/h10-12,20,23H,7-9,13-19,21H2,1-6H3/q+1. The molecule has 0 aliphatic rings. The number of hydrogen-bond donors (Lipinski definition) is 0. The van der Waals surface area contributed by atoms with Crippen LogP contribution in [0.15, 0.2) is 24.3 Å². The minimum absolute atomic E-state index is 0.0874. The van der Waals surface area contributed by atoms with Crippen LogP contribution in [0.25, 0.3) is 0 Å². The first-order chi connectivity index (χ1) is 13.9. The van der Waals surface area contributed by atoms with Crippen molar-refractivity contribution in [1.82, 2.24) is 0 Å². The van der Waals surface area contributed by atoms with Crippen LogP contribution in [-0.2, 0) is 14.2 Å². The molecular formula is C24H45N2O3+. The zero-order valence-corrected chi connectivity index (χ0v) is 19.8. The molecule has 0 saturated heterocycles. The molecule has 0 aliphatic heterocycles. The number of unbranched alkanes of at least 4 members (excludes halogenated alkanes) is 1. The molecule has 1 rings (SSSR count). The van der Waals surface area contributed by atoms with Gasteiger partial charge >= 0.3 is 0 Å². The maximum absolute atomic E-state index is 5.83. The van der Waals surface area contributed by atoms with Crippen LogP contribution in [0.2, 0.25) is 0 Å². The van der Waals surface area contributed by atoms with E-state index in [4.69, 9.17) is 14.2 Å². The second kappa shape index (κ2) is 14.8. The summed E-state index contributed by atoms with van der Waals surface area (Å²) in [6.07, 6.45) is 2.61. The molecule has 1 unspecified atom stereocenters. The van der Waals surface area contributed by atoms with E-state index in [1.807, 2.05) is 0 Å². The van der Waals surface area contributed by atoms with Crippen LogP contribution in [0.5, 0.6) is 0 Å². The van der Waals surface area contributed by atoms with E-state index >= 15 is 0 Å². The normalized spacial score (nSPS) is 12.9. The van der Waals surface area contributed by atoms with E-state index in [-0.39, 0.29) is 6.10 Å². The third kappa shape index (κ3) is 12.2. The number of ether oxygens (including phenoxy) is 3. The van der Waals surface area contributed by atoms with Crippen LogP contribution in [-0.4, -0.2) is 83.9 Å². The van der Waals surface area contributed by atoms with E-state index in [0.29, 0.717) is 26.4 Å². The second-order valence-electron chi connectivity index (χ2n) is 8.52. The summed E-state index contributed by atoms with van der Waals surface area (Å²) < 4.78 is 18.4. The Bertz CT molecular complexity index is 537. The molecule has 0 N–H and O–H groups in total. The predicted octanol–water partition coefficient (Wildman–Crippen LogP) is 4.14. The highest BCUT2D eigenvalue weighted by atomic mass is 16.5. The van der Waals surface area contributed by atoms with E-state index in [2.05, 4.69) is 71.0 Å². The lowest BCUT2D eigenvalue weighted by atomic mass is 10.2. The number of quaternary nitrogens is 1. The molecular weight excluding hydrogens is 364 g/mol. The van der Waals surface area contributed by atoms with Crippen molar-refractivity contribution >= 4 is 5.69 Å². The maximum Gasteiger partial charge on any atom is 0.102 e. The summed E-state index contributed by atoms with van der Waals surface area (Å²) in [5, 5.41) is 0. The molecule has 0 radical (unpaired) electrons. The minimum atomic E-state index is 0.0874. The summed E-state index contributed by atoms with van der Waals surface area (Å²) >= 11 is 0. The lowest BCUT2D eigenvalue weighted by Crippen LogP contribution is -2.43. The van der Waals surface area contributed by atoms with Gasteiger partial charge < -0.3 is 23.6 Å². The van der Waals surface area contributed by atoms with E-state index in [9.17, 15) is 0 Å². The van der Waals surface area contributed by atoms with Gasteiger partial charge in [-0.15, -0.1) is 0 Å². The largest absolute Gasteiger partial charge is 0.377 e. The molecule has 1 atom stereocenters. The number of hydrogen-bond acceptors (Lipinski definition) is 4. The number of benzene rings is 1. The third-order valence-corrected chi connectivity index (χ3v) is 5.19. The maximum atomic E-state index is 5.83. The van der Waals surface area contributed by atoms with Crippen LogP contribution in [0.3, 0.4) is 0 Å². The Hall–Kier alpha value is -1.14. The molecule has 0 fully saturated rings. The lowest BCUT2D eigenvalue weighted by molar-refractivity contribution is -0.890. The van der Waals surface area contributed by atoms with E-state index in [1.54, 1.807) is 0 Å². The van der Waals surface area contributed by atoms with Crippen molar-refractivity contribution in [3.05, 3.63) is 29.8 Å². The van der Waals surface area contributed by atoms with Gasteiger partial charge in [-0.2, -0.15) is 0 Å². The monoisotopic (exact) mass is 409 g/mol. The van der Waals surface area contributed by atoms with Gasteiger partial charge in [0.25, 0.3) is 0 Å². The number of rotatable bonds is 17. The van der Waals surface area contributed by atoms with Crippen molar-refractivity contribution in [2.45, 2.75) is 46.6 Å². The molecule has 29 heavy (non-hydrogen) atoms. The van der Waals surface area contributed by atoms with Crippen molar-refractivity contribution in [2.75, 3.05) is 78.2 Å². The summed E-state index contributed by atoms with van der Waals surface area (Å²) in [6.45, 7) is 16.1. The summed E-state index contributed by atoms with van der Waals surface area (Å²) in [6, 6.07) is 8.62. The molecule has 0 spiro atoms. The van der Waals surface area contributed by atoms with Gasteiger partial charge in [-0.3, -0.25) is 0 Å². The fourth-order valence-electron chi connectivity index (χ4n) is 3.19. The van der Waals surface area contributed by atoms with Crippen molar-refractivity contribution < 1.29 is 18.7 Å². The molecule has 1 aromatic carbocycles. The van der Waals surface area contributed by atoms with E-state index in [0.717, 1.165) is 30.7 Å². The van der Waals surface area contributed by atoms with Crippen molar-refractivity contribution in [1.29, 1.82) is 0 Å². The number of likely N-dealkylation sites (N-methyl/N-ethyl adjacent to an activating group) is 2. The molecule has 0 bridgehead atoms. The first-order valence-electron chi connectivity index (χ1n) is 11.3. The van der Waals surface area contributed by atoms with Gasteiger partial charge in [-0.25, -0.2) is 0 Å². The summed E-state index contributed by atoms with van der Waals surface area (Å²) in [5.74, 6) is 0. The van der Waals surface area contributed by atoms with Gasteiger partial charge in [0.05, 0.1) is 59.8 Å². The Labute approximate surface area is 179 Å². The van der Waals surface area contributed by atoms with Crippen molar-refractivity contribution in [3.63, 3.8) is 0 Å². The van der Waals surface area contributed by atoms with Crippen LogP contribution in [0.4, 0.5) is 5.69 Å². The van der Waals surface area contributed by atoms with Crippen LogP contribution >= 0.6 is 0 Å². The van der Waals surface area contributed by atoms with Gasteiger partial charge in [0.1, 0.15) is 6.54 Å². The molecule has 0 saturated carbocycles. The Morgan fingerprint density at radius 3 is 2.48 bits per heavy atom. The van der Waals surface area contributed by atoms with Crippen LogP contribution in [0, 0.1) is 6.92 Å². The topological polar surface area (TPSA) is 30.9 Å². The Balaban J connectivity index is 2.07. The highest BCUT2D eigenvalue weighted by Gasteiger charge is 2.13. The summed E-state index contributed by atoms with van der Waals surface area (Å²) in [7, 11) is 4.54. The van der Waals surface area contributed by atoms with Gasteiger partial charge in [0.2, 0.25) is 0 Å². The van der Waals surface area contributed by atoms with Crippen LogP contribution in [0.1, 0.15) is 39.2 Å². The zero-order valence-electron chi connectivity index (χ0n) is 19.8. The molecule has 0 amide bonds. The fraction of sp³-hybridized carbons (Fsp3) is 0.750. The first kappa shape index (κ1) is 25.9. The zero-order chi connectivity index (χ0) is 21.5. The van der Waals surface area contributed by atoms with Gasteiger partial charge in [0, 0.05) is 18.8 Å². The molecule has 0 aliphatic carbocycles. The SMILES string of the molecule is CCCC[N+](C)(C)CCOCCOC(C)COCCN(CC)c1cccc(C)c1. The molecule has 0 aromatic heterocycles. The molecule has 5 heteroatoms. The number of anilines is 1. The molecule has 1 aromatic rings. The first-order valence-corrected chi connectivity index (χ1v) is 11.3. The van der Waals surface area contributed by atoms with E-state index in [1.165, 1.54) is 30.6 Å². The highest BCUT2D eigenvalue weighted by molar-refractivity contribution is 5.48. The quantitative estimate of drug-likeness (QED) is 0.286. The van der Waals surface area contributed by atoms with Gasteiger partial charge in [-0.05, 0) is 44.9 Å². The van der Waals surface area contributed by atoms with Crippen molar-refractivity contribution in [2.24, 2.45) is 0 Å². The molecule has 168 valence electrons. The van der Waals surface area contributed by atoms with Crippen molar-refractivity contribution in [3.8, 4) is 0 Å². The van der Waals surface area contributed by atoms with Gasteiger partial charge in [0.15, 0.2) is 0 Å². The van der Waals surface area contributed by atoms with E-state index < -0.39 is 0 Å². The Morgan fingerprint density at radius 2 is 1.79 bits per heavy atom. The lowest BCUT2D eigenvalue weighted by Gasteiger charge is -2.29. The summed E-state index contributed by atoms with van der Waals surface area (Å²) in [5.41, 5.74) is 2.55. The number of aryl methyl sites for hydroxylation is 1. The highest BCUT2D eigenvalue weighted by Crippen LogP contribution is 2.15. The fourth-order valence-corrected chi connectivity index (χ4v) is 3.19. The molecule has 5 nitrogen and oxygen atoms in total. The third-order valence-electron chi connectivity index (χ3n) is 5.19. The minimum Gasteiger partial charge on any atom is -0.377 e. The smallest absolute Gasteiger partial charge is 0.102 e. The average Bonchev–Trinajstić information content (AvgIpc) is 2.69. The number of nitrogens with zero attached hydrogens (tertiary/aromatic N) is 2. The predicted molar refractivity (Wildman–Crippen MR) is 123 cm³/mol. The van der Waals surface area contributed by atoms with Crippen LogP contribution < -0.4 is 4.90 Å². The summed E-state index contributed by atoms with van der Waals surface area (Å²) in [4.78, 5) is 2.34. The van der Waals surface area contributed by atoms with Gasteiger partial charge in [-0.1, -0.05) is 25.5 Å². The Kier molecular flexibility index (Phi) is 13.2. The second-order valence-corrected chi connectivity index (χ2v) is 8.52.